The summed E-state index contributed by atoms with van der Waals surface area (Å²) >= 11 is 6.13. The number of rotatable bonds is 2. The Kier molecular flexibility index (Phi) is 3.51. The summed E-state index contributed by atoms with van der Waals surface area (Å²) in [5.41, 5.74) is 1.68. The monoisotopic (exact) mass is 292 g/mol. The highest BCUT2D eigenvalue weighted by Gasteiger charge is 2.48. The van der Waals surface area contributed by atoms with E-state index in [2.05, 4.69) is 24.1 Å². The molecule has 1 saturated heterocycles. The number of nitrogens with one attached hydrogen (secondary N) is 1. The first-order chi connectivity index (χ1) is 9.56. The molecule has 20 heavy (non-hydrogen) atoms. The molecule has 1 aromatic rings. The van der Waals surface area contributed by atoms with E-state index in [9.17, 15) is 4.79 Å². The fraction of sp³-hybridized carbons (Fsp3) is 0.562. The molecule has 2 aliphatic rings. The molecule has 1 aromatic carbocycles. The van der Waals surface area contributed by atoms with Gasteiger partial charge in [-0.1, -0.05) is 18.5 Å². The molecule has 3 rings (SSSR count). The summed E-state index contributed by atoms with van der Waals surface area (Å²) in [5, 5.41) is 3.74. The van der Waals surface area contributed by atoms with Crippen molar-refractivity contribution in [3.63, 3.8) is 0 Å². The first-order valence-corrected chi connectivity index (χ1v) is 7.80. The van der Waals surface area contributed by atoms with Crippen LogP contribution >= 0.6 is 11.6 Å². The largest absolute Gasteiger partial charge is 0.325 e. The Labute approximate surface area is 125 Å². The minimum atomic E-state index is -0.357. The predicted molar refractivity (Wildman–Crippen MR) is 82.3 cm³/mol. The van der Waals surface area contributed by atoms with Crippen LogP contribution in [0.2, 0.25) is 5.02 Å². The number of amides is 1. The van der Waals surface area contributed by atoms with Crippen LogP contribution in [0, 0.1) is 0 Å². The van der Waals surface area contributed by atoms with Gasteiger partial charge < -0.3 is 10.2 Å². The molecular formula is C16H21ClN2O. The van der Waals surface area contributed by atoms with Gasteiger partial charge in [-0.05, 0) is 63.0 Å². The zero-order valence-electron chi connectivity index (χ0n) is 12.1. The van der Waals surface area contributed by atoms with Crippen LogP contribution in [-0.2, 0) is 10.2 Å². The molecule has 1 unspecified atom stereocenters. The summed E-state index contributed by atoms with van der Waals surface area (Å²) in [6.07, 6.45) is 2.93. The zero-order chi connectivity index (χ0) is 14.3. The van der Waals surface area contributed by atoms with Gasteiger partial charge in [0, 0.05) is 16.8 Å². The fourth-order valence-corrected chi connectivity index (χ4v) is 3.66. The third-order valence-corrected chi connectivity index (χ3v) is 5.28. The number of hydrogen-bond acceptors (Lipinski definition) is 2. The van der Waals surface area contributed by atoms with Gasteiger partial charge in [-0.25, -0.2) is 0 Å². The molecule has 0 radical (unpaired) electrons. The number of carbonyl (C=O) groups is 1. The Morgan fingerprint density at radius 1 is 1.40 bits per heavy atom. The van der Waals surface area contributed by atoms with Crippen LogP contribution in [0.5, 0.6) is 0 Å². The van der Waals surface area contributed by atoms with Crippen LogP contribution in [0.4, 0.5) is 5.69 Å². The van der Waals surface area contributed by atoms with Crippen LogP contribution in [0.25, 0.3) is 0 Å². The van der Waals surface area contributed by atoms with Gasteiger partial charge in [-0.15, -0.1) is 0 Å². The normalized spacial score (nSPS) is 22.6. The number of halogens is 1. The molecule has 2 aliphatic heterocycles. The van der Waals surface area contributed by atoms with Crippen molar-refractivity contribution in [2.75, 3.05) is 18.4 Å². The number of carbonyl (C=O) groups excluding carboxylic acids is 1. The lowest BCUT2D eigenvalue weighted by atomic mass is 9.73. The maximum Gasteiger partial charge on any atom is 0.235 e. The predicted octanol–water partition coefficient (Wildman–Crippen LogP) is 3.42. The first-order valence-electron chi connectivity index (χ1n) is 7.42. The average molecular weight is 293 g/mol. The lowest BCUT2D eigenvalue weighted by Crippen LogP contribution is -2.48. The van der Waals surface area contributed by atoms with Gasteiger partial charge in [-0.2, -0.15) is 0 Å². The van der Waals surface area contributed by atoms with Crippen LogP contribution in [-0.4, -0.2) is 29.9 Å². The molecule has 3 nitrogen and oxygen atoms in total. The zero-order valence-corrected chi connectivity index (χ0v) is 12.8. The summed E-state index contributed by atoms with van der Waals surface area (Å²) in [4.78, 5) is 15.0. The van der Waals surface area contributed by atoms with Gasteiger partial charge in [-0.3, -0.25) is 4.79 Å². The maximum absolute atomic E-state index is 12.5. The van der Waals surface area contributed by atoms with Crippen molar-refractivity contribution in [2.45, 2.75) is 44.6 Å². The summed E-state index contributed by atoms with van der Waals surface area (Å²) in [5.74, 6) is 0.151. The van der Waals surface area contributed by atoms with E-state index in [0.29, 0.717) is 11.1 Å². The molecule has 1 amide bonds. The number of likely N-dealkylation sites (tertiary alicyclic amines) is 1. The van der Waals surface area contributed by atoms with E-state index in [1.165, 1.54) is 0 Å². The molecule has 0 aliphatic carbocycles. The molecule has 1 atom stereocenters. The SMILES string of the molecule is CCC(C)N1CCC2(CC1)C(=O)Nc1ccc(Cl)cc12. The lowest BCUT2D eigenvalue weighted by molar-refractivity contribution is -0.122. The number of hydrogen-bond donors (Lipinski definition) is 1. The van der Waals surface area contributed by atoms with E-state index in [0.717, 1.165) is 43.6 Å². The van der Waals surface area contributed by atoms with Crippen molar-refractivity contribution in [1.82, 2.24) is 4.90 Å². The summed E-state index contributed by atoms with van der Waals surface area (Å²) in [6.45, 7) is 6.44. The molecule has 0 aromatic heterocycles. The highest BCUT2D eigenvalue weighted by atomic mass is 35.5. The Morgan fingerprint density at radius 2 is 2.10 bits per heavy atom. The van der Waals surface area contributed by atoms with Crippen molar-refractivity contribution >= 4 is 23.2 Å². The molecular weight excluding hydrogens is 272 g/mol. The first kappa shape index (κ1) is 13.9. The number of piperidine rings is 1. The van der Waals surface area contributed by atoms with E-state index in [4.69, 9.17) is 11.6 Å². The van der Waals surface area contributed by atoms with Crippen molar-refractivity contribution < 1.29 is 4.79 Å². The van der Waals surface area contributed by atoms with Gasteiger partial charge in [0.25, 0.3) is 0 Å². The molecule has 0 saturated carbocycles. The van der Waals surface area contributed by atoms with Gasteiger partial charge in [0.2, 0.25) is 5.91 Å². The minimum Gasteiger partial charge on any atom is -0.325 e. The van der Waals surface area contributed by atoms with Crippen LogP contribution in [0.1, 0.15) is 38.7 Å². The Morgan fingerprint density at radius 3 is 2.75 bits per heavy atom. The Hall–Kier alpha value is -1.06. The lowest BCUT2D eigenvalue weighted by Gasteiger charge is -2.40. The minimum absolute atomic E-state index is 0.151. The summed E-state index contributed by atoms with van der Waals surface area (Å²) < 4.78 is 0. The molecule has 0 bridgehead atoms. The van der Waals surface area contributed by atoms with E-state index in [-0.39, 0.29) is 11.3 Å². The van der Waals surface area contributed by atoms with E-state index in [1.807, 2.05) is 18.2 Å². The smallest absolute Gasteiger partial charge is 0.235 e. The molecule has 108 valence electrons. The second kappa shape index (κ2) is 5.05. The molecule has 4 heteroatoms. The summed E-state index contributed by atoms with van der Waals surface area (Å²) in [6, 6.07) is 6.32. The van der Waals surface area contributed by atoms with Crippen molar-refractivity contribution in [2.24, 2.45) is 0 Å². The van der Waals surface area contributed by atoms with Gasteiger partial charge in [0.1, 0.15) is 0 Å². The molecule has 1 fully saturated rings. The Bertz CT molecular complexity index is 535. The van der Waals surface area contributed by atoms with E-state index >= 15 is 0 Å². The van der Waals surface area contributed by atoms with Crippen molar-refractivity contribution in [3.05, 3.63) is 28.8 Å². The van der Waals surface area contributed by atoms with Gasteiger partial charge in [0.15, 0.2) is 0 Å². The maximum atomic E-state index is 12.5. The third-order valence-electron chi connectivity index (χ3n) is 5.05. The molecule has 1 N–H and O–H groups in total. The number of benzene rings is 1. The average Bonchev–Trinajstić information content (AvgIpc) is 2.72. The highest BCUT2D eigenvalue weighted by molar-refractivity contribution is 6.31. The number of fused-ring (bicyclic) bond motifs is 2. The number of nitrogens with zero attached hydrogens (tertiary/aromatic N) is 1. The van der Waals surface area contributed by atoms with Crippen LogP contribution in [0.3, 0.4) is 0 Å². The van der Waals surface area contributed by atoms with Gasteiger partial charge in [0.05, 0.1) is 5.41 Å². The van der Waals surface area contributed by atoms with Crippen molar-refractivity contribution in [1.29, 1.82) is 0 Å². The summed E-state index contributed by atoms with van der Waals surface area (Å²) in [7, 11) is 0. The third kappa shape index (κ3) is 2.04. The molecule has 2 heterocycles. The van der Waals surface area contributed by atoms with E-state index < -0.39 is 0 Å². The topological polar surface area (TPSA) is 32.3 Å². The highest BCUT2D eigenvalue weighted by Crippen LogP contribution is 2.46. The van der Waals surface area contributed by atoms with Crippen LogP contribution < -0.4 is 5.32 Å². The standard InChI is InChI=1S/C16H21ClN2O/c1-3-11(2)19-8-6-16(7-9-19)13-10-12(17)4-5-14(13)18-15(16)20/h4-5,10-11H,3,6-9H2,1-2H3,(H,18,20). The second-order valence-electron chi connectivity index (χ2n) is 6.02. The second-order valence-corrected chi connectivity index (χ2v) is 6.46. The van der Waals surface area contributed by atoms with Gasteiger partial charge >= 0.3 is 0 Å². The molecule has 1 spiro atoms. The number of anilines is 1. The van der Waals surface area contributed by atoms with Crippen LogP contribution in [0.15, 0.2) is 18.2 Å². The quantitative estimate of drug-likeness (QED) is 0.906. The van der Waals surface area contributed by atoms with Crippen molar-refractivity contribution in [3.8, 4) is 0 Å². The van der Waals surface area contributed by atoms with E-state index in [1.54, 1.807) is 0 Å². The Balaban J connectivity index is 1.88. The fourth-order valence-electron chi connectivity index (χ4n) is 3.49.